The van der Waals surface area contributed by atoms with Gasteiger partial charge in [0.1, 0.15) is 11.5 Å². The second-order valence-electron chi connectivity index (χ2n) is 5.51. The Kier molecular flexibility index (Phi) is 4.38. The van der Waals surface area contributed by atoms with Gasteiger partial charge in [-0.15, -0.1) is 0 Å². The number of hydrogen-bond acceptors (Lipinski definition) is 3. The van der Waals surface area contributed by atoms with E-state index < -0.39 is 0 Å². The van der Waals surface area contributed by atoms with E-state index in [0.29, 0.717) is 17.1 Å². The molecule has 0 aliphatic rings. The van der Waals surface area contributed by atoms with Crippen LogP contribution in [-0.2, 0) is 0 Å². The summed E-state index contributed by atoms with van der Waals surface area (Å²) in [6.07, 6.45) is 3.35. The number of aromatic nitrogens is 1. The third-order valence-corrected chi connectivity index (χ3v) is 3.94. The van der Waals surface area contributed by atoms with Crippen molar-refractivity contribution in [2.24, 2.45) is 0 Å². The van der Waals surface area contributed by atoms with Crippen molar-refractivity contribution < 1.29 is 14.3 Å². The van der Waals surface area contributed by atoms with Gasteiger partial charge in [-0.2, -0.15) is 0 Å². The number of hydrogen-bond donors (Lipinski definition) is 1. The first-order valence-electron chi connectivity index (χ1n) is 7.65. The number of benzene rings is 2. The quantitative estimate of drug-likeness (QED) is 0.560. The highest BCUT2D eigenvalue weighted by Crippen LogP contribution is 2.25. The highest BCUT2D eigenvalue weighted by Gasteiger charge is 2.13. The van der Waals surface area contributed by atoms with Crippen LogP contribution in [0.1, 0.15) is 21.6 Å². The predicted molar refractivity (Wildman–Crippen MR) is 95.9 cm³/mol. The van der Waals surface area contributed by atoms with Gasteiger partial charge in [0.15, 0.2) is 5.78 Å². The van der Waals surface area contributed by atoms with Crippen LogP contribution in [0.15, 0.2) is 48.5 Å². The predicted octanol–water partition coefficient (Wildman–Crippen LogP) is 4.39. The van der Waals surface area contributed by atoms with Gasteiger partial charge in [-0.1, -0.05) is 24.3 Å². The minimum atomic E-state index is -0.0354. The smallest absolute Gasteiger partial charge is 0.188 e. The lowest BCUT2D eigenvalue weighted by atomic mass is 10.1. The van der Waals surface area contributed by atoms with Crippen LogP contribution in [-0.4, -0.2) is 25.0 Å². The Balaban J connectivity index is 1.94. The molecular weight excluding hydrogens is 302 g/mol. The molecule has 1 aromatic heterocycles. The minimum absolute atomic E-state index is 0.0354. The first-order chi connectivity index (χ1) is 11.6. The molecule has 4 heteroatoms. The van der Waals surface area contributed by atoms with Crippen LogP contribution in [0.5, 0.6) is 11.5 Å². The van der Waals surface area contributed by atoms with E-state index in [1.54, 1.807) is 32.4 Å². The van der Waals surface area contributed by atoms with Gasteiger partial charge < -0.3 is 14.5 Å². The summed E-state index contributed by atoms with van der Waals surface area (Å²) in [6.45, 7) is 1.91. The van der Waals surface area contributed by atoms with Crippen LogP contribution >= 0.6 is 0 Å². The van der Waals surface area contributed by atoms with Crippen molar-refractivity contribution in [3.05, 3.63) is 65.4 Å². The van der Waals surface area contributed by atoms with Gasteiger partial charge in [0.25, 0.3) is 0 Å². The Bertz CT molecular complexity index is 900. The molecule has 0 fully saturated rings. The first-order valence-corrected chi connectivity index (χ1v) is 7.65. The van der Waals surface area contributed by atoms with Crippen LogP contribution in [0.3, 0.4) is 0 Å². The standard InChI is InChI=1S/C20H19NO3/c1-13-20(17-6-4-5-7-18(17)21-13)19(22)9-8-14-10-15(23-2)12-16(11-14)24-3/h4-12,21H,1-3H3/b9-8+. The lowest BCUT2D eigenvalue weighted by molar-refractivity contribution is 0.104. The van der Waals surface area contributed by atoms with Gasteiger partial charge in [-0.25, -0.2) is 0 Å². The Morgan fingerprint density at radius 1 is 1.04 bits per heavy atom. The Hall–Kier alpha value is -3.01. The molecule has 2 aromatic carbocycles. The monoisotopic (exact) mass is 321 g/mol. The molecule has 3 rings (SSSR count). The topological polar surface area (TPSA) is 51.3 Å². The van der Waals surface area contributed by atoms with Crippen LogP contribution in [0.4, 0.5) is 0 Å². The molecule has 1 heterocycles. The summed E-state index contributed by atoms with van der Waals surface area (Å²) in [4.78, 5) is 15.9. The molecule has 24 heavy (non-hydrogen) atoms. The van der Waals surface area contributed by atoms with Gasteiger partial charge in [0.2, 0.25) is 0 Å². The molecule has 0 unspecified atom stereocenters. The molecule has 0 aliphatic carbocycles. The largest absolute Gasteiger partial charge is 0.497 e. The summed E-state index contributed by atoms with van der Waals surface area (Å²) in [5, 5.41) is 0.938. The molecule has 3 aromatic rings. The number of aryl methyl sites for hydroxylation is 1. The summed E-state index contributed by atoms with van der Waals surface area (Å²) in [5.74, 6) is 1.33. The third-order valence-electron chi connectivity index (χ3n) is 3.94. The van der Waals surface area contributed by atoms with E-state index in [1.165, 1.54) is 0 Å². The summed E-state index contributed by atoms with van der Waals surface area (Å²) in [7, 11) is 3.20. The maximum atomic E-state index is 12.7. The number of fused-ring (bicyclic) bond motifs is 1. The normalized spacial score (nSPS) is 11.1. The number of allylic oxidation sites excluding steroid dienone is 1. The number of ketones is 1. The summed E-state index contributed by atoms with van der Waals surface area (Å²) >= 11 is 0. The molecule has 0 bridgehead atoms. The molecule has 4 nitrogen and oxygen atoms in total. The van der Waals surface area contributed by atoms with Crippen molar-refractivity contribution in [1.29, 1.82) is 0 Å². The fourth-order valence-electron chi connectivity index (χ4n) is 2.78. The number of methoxy groups -OCH3 is 2. The SMILES string of the molecule is COc1cc(/C=C/C(=O)c2c(C)[nH]c3ccccc23)cc(OC)c1. The van der Waals surface area contributed by atoms with Crippen LogP contribution in [0, 0.1) is 6.92 Å². The van der Waals surface area contributed by atoms with Gasteiger partial charge >= 0.3 is 0 Å². The van der Waals surface area contributed by atoms with Gasteiger partial charge in [-0.05, 0) is 36.8 Å². The second-order valence-corrected chi connectivity index (χ2v) is 5.51. The number of para-hydroxylation sites is 1. The van der Waals surface area contributed by atoms with E-state index in [0.717, 1.165) is 22.2 Å². The number of ether oxygens (including phenoxy) is 2. The van der Waals surface area contributed by atoms with Crippen molar-refractivity contribution in [2.75, 3.05) is 14.2 Å². The van der Waals surface area contributed by atoms with E-state index >= 15 is 0 Å². The zero-order chi connectivity index (χ0) is 17.1. The summed E-state index contributed by atoms with van der Waals surface area (Å²) < 4.78 is 10.5. The van der Waals surface area contributed by atoms with Crippen molar-refractivity contribution >= 4 is 22.8 Å². The molecule has 0 atom stereocenters. The van der Waals surface area contributed by atoms with Crippen LogP contribution in [0.25, 0.3) is 17.0 Å². The molecule has 1 N–H and O–H groups in total. The van der Waals surface area contributed by atoms with E-state index in [1.807, 2.05) is 43.3 Å². The molecule has 0 saturated heterocycles. The van der Waals surface area contributed by atoms with Gasteiger partial charge in [0.05, 0.1) is 19.8 Å². The van der Waals surface area contributed by atoms with E-state index in [4.69, 9.17) is 9.47 Å². The molecule has 0 radical (unpaired) electrons. The maximum absolute atomic E-state index is 12.7. The molecular formula is C20H19NO3. The van der Waals surface area contributed by atoms with Crippen molar-refractivity contribution in [1.82, 2.24) is 4.98 Å². The second kappa shape index (κ2) is 6.62. The zero-order valence-electron chi connectivity index (χ0n) is 13.9. The average molecular weight is 321 g/mol. The number of carbonyl (C=O) groups excluding carboxylic acids is 1. The lowest BCUT2D eigenvalue weighted by Gasteiger charge is -2.05. The van der Waals surface area contributed by atoms with E-state index in [9.17, 15) is 4.79 Å². The fraction of sp³-hybridized carbons (Fsp3) is 0.150. The third kappa shape index (κ3) is 3.04. The summed E-state index contributed by atoms with van der Waals surface area (Å²) in [6, 6.07) is 13.3. The van der Waals surface area contributed by atoms with Crippen LogP contribution in [0.2, 0.25) is 0 Å². The molecule has 0 amide bonds. The molecule has 0 spiro atoms. The number of aromatic amines is 1. The lowest BCUT2D eigenvalue weighted by Crippen LogP contribution is -1.95. The van der Waals surface area contributed by atoms with Crippen LogP contribution < -0.4 is 9.47 Å². The highest BCUT2D eigenvalue weighted by atomic mass is 16.5. The van der Waals surface area contributed by atoms with Gasteiger partial charge in [0, 0.05) is 22.7 Å². The first kappa shape index (κ1) is 15.9. The molecule has 122 valence electrons. The fourth-order valence-corrected chi connectivity index (χ4v) is 2.78. The summed E-state index contributed by atoms with van der Waals surface area (Å²) in [5.41, 5.74) is 3.39. The maximum Gasteiger partial charge on any atom is 0.188 e. The average Bonchev–Trinajstić information content (AvgIpc) is 2.95. The van der Waals surface area contributed by atoms with Crippen molar-refractivity contribution in [3.63, 3.8) is 0 Å². The Morgan fingerprint density at radius 2 is 1.71 bits per heavy atom. The number of nitrogens with one attached hydrogen (secondary N) is 1. The minimum Gasteiger partial charge on any atom is -0.497 e. The van der Waals surface area contributed by atoms with Crippen molar-refractivity contribution in [3.8, 4) is 11.5 Å². The van der Waals surface area contributed by atoms with E-state index in [-0.39, 0.29) is 5.78 Å². The zero-order valence-corrected chi connectivity index (χ0v) is 13.9. The number of rotatable bonds is 5. The van der Waals surface area contributed by atoms with E-state index in [2.05, 4.69) is 4.98 Å². The molecule has 0 aliphatic heterocycles. The van der Waals surface area contributed by atoms with Crippen molar-refractivity contribution in [2.45, 2.75) is 6.92 Å². The molecule has 0 saturated carbocycles. The van der Waals surface area contributed by atoms with Gasteiger partial charge in [-0.3, -0.25) is 4.79 Å². The Labute approximate surface area is 140 Å². The number of H-pyrrole nitrogens is 1. The highest BCUT2D eigenvalue weighted by molar-refractivity contribution is 6.15. The number of carbonyl (C=O) groups is 1. The Morgan fingerprint density at radius 3 is 2.38 bits per heavy atom.